The fraction of sp³-hybridized carbons (Fsp3) is 0.100. The lowest BCUT2D eigenvalue weighted by atomic mass is 10.1. The molecule has 0 spiro atoms. The van der Waals surface area contributed by atoms with Crippen LogP contribution in [0.1, 0.15) is 15.9 Å². The highest BCUT2D eigenvalue weighted by Gasteiger charge is 2.11. The monoisotopic (exact) mass is 379 g/mol. The Bertz CT molecular complexity index is 1040. The van der Waals surface area contributed by atoms with E-state index in [1.807, 2.05) is 0 Å². The zero-order valence-corrected chi connectivity index (χ0v) is 14.9. The van der Waals surface area contributed by atoms with Gasteiger partial charge in [-0.25, -0.2) is 9.78 Å². The summed E-state index contributed by atoms with van der Waals surface area (Å²) >= 11 is 5.83. The summed E-state index contributed by atoms with van der Waals surface area (Å²) in [5.74, 6) is -1.06. The third kappa shape index (κ3) is 4.81. The first-order valence-corrected chi connectivity index (χ1v) is 8.42. The van der Waals surface area contributed by atoms with Gasteiger partial charge in [0, 0.05) is 11.1 Å². The summed E-state index contributed by atoms with van der Waals surface area (Å²) in [6.07, 6.45) is 0.305. The highest BCUT2D eigenvalue weighted by Crippen LogP contribution is 2.17. The molecule has 1 heterocycles. The van der Waals surface area contributed by atoms with Crippen molar-refractivity contribution in [2.75, 3.05) is 11.9 Å². The number of amides is 1. The third-order valence-corrected chi connectivity index (χ3v) is 3.96. The summed E-state index contributed by atoms with van der Waals surface area (Å²) in [5, 5.41) is 12.4. The van der Waals surface area contributed by atoms with Crippen LogP contribution in [0.2, 0.25) is 5.15 Å². The number of nitrogens with zero attached hydrogens (tertiary/aromatic N) is 2. The van der Waals surface area contributed by atoms with Gasteiger partial charge in [0.05, 0.1) is 23.6 Å². The molecule has 0 saturated carbocycles. The Labute approximate surface area is 160 Å². The maximum Gasteiger partial charge on any atom is 0.338 e. The van der Waals surface area contributed by atoms with Gasteiger partial charge in [-0.05, 0) is 48.0 Å². The maximum absolute atomic E-state index is 12.1. The van der Waals surface area contributed by atoms with Gasteiger partial charge in [0.2, 0.25) is 0 Å². The molecule has 1 amide bonds. The first-order valence-electron chi connectivity index (χ1n) is 8.04. The Hall–Kier alpha value is -3.43. The lowest BCUT2D eigenvalue weighted by molar-refractivity contribution is -0.119. The number of benzene rings is 2. The average molecular weight is 380 g/mol. The second kappa shape index (κ2) is 8.30. The van der Waals surface area contributed by atoms with Crippen LogP contribution in [0.15, 0.2) is 54.6 Å². The minimum absolute atomic E-state index is 0.305. The molecule has 0 fully saturated rings. The first-order chi connectivity index (χ1) is 13.0. The number of esters is 1. The molecule has 0 saturated heterocycles. The SMILES string of the molecule is N#CCc1ccc(NC(=O)COC(=O)c2ccc3nc(Cl)ccc3c2)cc1. The lowest BCUT2D eigenvalue weighted by Crippen LogP contribution is -2.20. The highest BCUT2D eigenvalue weighted by atomic mass is 35.5. The molecule has 0 atom stereocenters. The standard InChI is InChI=1S/C20H14ClN3O3/c21-18-8-4-14-11-15(3-7-17(14)24-18)20(26)27-12-19(25)23-16-5-1-13(2-6-16)9-10-22/h1-8,11H,9,12H2,(H,23,25). The molecule has 1 N–H and O–H groups in total. The van der Waals surface area contributed by atoms with Gasteiger partial charge in [-0.15, -0.1) is 0 Å². The van der Waals surface area contributed by atoms with Crippen LogP contribution in [0.5, 0.6) is 0 Å². The smallest absolute Gasteiger partial charge is 0.338 e. The number of anilines is 1. The topological polar surface area (TPSA) is 92.1 Å². The van der Waals surface area contributed by atoms with Crippen LogP contribution in [-0.2, 0) is 16.0 Å². The number of rotatable bonds is 5. The van der Waals surface area contributed by atoms with Gasteiger partial charge in [-0.1, -0.05) is 23.7 Å². The Kier molecular flexibility index (Phi) is 5.64. The van der Waals surface area contributed by atoms with Gasteiger partial charge in [0.25, 0.3) is 5.91 Å². The van der Waals surface area contributed by atoms with Crippen molar-refractivity contribution in [2.24, 2.45) is 0 Å². The summed E-state index contributed by atoms with van der Waals surface area (Å²) in [6.45, 7) is -0.407. The van der Waals surface area contributed by atoms with E-state index >= 15 is 0 Å². The normalized spacial score (nSPS) is 10.2. The lowest BCUT2D eigenvalue weighted by Gasteiger charge is -2.07. The molecule has 27 heavy (non-hydrogen) atoms. The number of hydrogen-bond acceptors (Lipinski definition) is 5. The fourth-order valence-electron chi connectivity index (χ4n) is 2.44. The predicted octanol–water partition coefficient (Wildman–Crippen LogP) is 3.75. The van der Waals surface area contributed by atoms with Crippen LogP contribution in [0.3, 0.4) is 0 Å². The number of hydrogen-bond donors (Lipinski definition) is 1. The number of nitriles is 1. The summed E-state index contributed by atoms with van der Waals surface area (Å²) in [6, 6.07) is 17.2. The van der Waals surface area contributed by atoms with E-state index in [1.54, 1.807) is 54.6 Å². The van der Waals surface area contributed by atoms with Crippen molar-refractivity contribution in [3.8, 4) is 6.07 Å². The zero-order valence-electron chi connectivity index (χ0n) is 14.1. The van der Waals surface area contributed by atoms with Crippen LogP contribution in [0.25, 0.3) is 10.9 Å². The van der Waals surface area contributed by atoms with Crippen molar-refractivity contribution < 1.29 is 14.3 Å². The molecule has 1 aromatic heterocycles. The second-order valence-corrected chi connectivity index (χ2v) is 6.08. The molecule has 134 valence electrons. The molecule has 0 unspecified atom stereocenters. The minimum Gasteiger partial charge on any atom is -0.452 e. The molecule has 3 rings (SSSR count). The number of halogens is 1. The van der Waals surface area contributed by atoms with E-state index in [2.05, 4.69) is 16.4 Å². The molecule has 0 aliphatic rings. The molecule has 7 heteroatoms. The Balaban J connectivity index is 1.57. The molecule has 6 nitrogen and oxygen atoms in total. The van der Waals surface area contributed by atoms with Crippen molar-refractivity contribution >= 4 is 40.1 Å². The molecule has 0 aliphatic carbocycles. The molecule has 0 radical (unpaired) electrons. The number of aromatic nitrogens is 1. The fourth-order valence-corrected chi connectivity index (χ4v) is 2.59. The first kappa shape index (κ1) is 18.4. The number of ether oxygens (including phenoxy) is 1. The zero-order chi connectivity index (χ0) is 19.2. The highest BCUT2D eigenvalue weighted by molar-refractivity contribution is 6.29. The van der Waals surface area contributed by atoms with E-state index in [0.717, 1.165) is 10.9 Å². The number of nitrogens with one attached hydrogen (secondary N) is 1. The van der Waals surface area contributed by atoms with Gasteiger partial charge in [-0.2, -0.15) is 5.26 Å². The molecular weight excluding hydrogens is 366 g/mol. The van der Waals surface area contributed by atoms with Crippen molar-refractivity contribution in [3.05, 3.63) is 70.9 Å². The molecule has 0 bridgehead atoms. The number of pyridine rings is 1. The second-order valence-electron chi connectivity index (χ2n) is 5.70. The Morgan fingerprint density at radius 2 is 1.89 bits per heavy atom. The van der Waals surface area contributed by atoms with E-state index in [-0.39, 0.29) is 0 Å². The van der Waals surface area contributed by atoms with Gasteiger partial charge < -0.3 is 10.1 Å². The summed E-state index contributed by atoms with van der Waals surface area (Å²) in [7, 11) is 0. The van der Waals surface area contributed by atoms with Gasteiger partial charge >= 0.3 is 5.97 Å². The number of carbonyl (C=O) groups excluding carboxylic acids is 2. The minimum atomic E-state index is -0.605. The van der Waals surface area contributed by atoms with Crippen LogP contribution < -0.4 is 5.32 Å². The summed E-state index contributed by atoms with van der Waals surface area (Å²) in [4.78, 5) is 28.2. The van der Waals surface area contributed by atoms with E-state index in [9.17, 15) is 9.59 Å². The van der Waals surface area contributed by atoms with Gasteiger partial charge in [-0.3, -0.25) is 4.79 Å². The van der Waals surface area contributed by atoms with E-state index < -0.39 is 18.5 Å². The van der Waals surface area contributed by atoms with Crippen molar-refractivity contribution in [3.63, 3.8) is 0 Å². The van der Waals surface area contributed by atoms with Crippen molar-refractivity contribution in [1.29, 1.82) is 5.26 Å². The van der Waals surface area contributed by atoms with Crippen molar-refractivity contribution in [2.45, 2.75) is 6.42 Å². The van der Waals surface area contributed by atoms with Gasteiger partial charge in [0.1, 0.15) is 5.15 Å². The van der Waals surface area contributed by atoms with E-state index in [1.165, 1.54) is 0 Å². The van der Waals surface area contributed by atoms with E-state index in [0.29, 0.717) is 28.3 Å². The van der Waals surface area contributed by atoms with Crippen LogP contribution in [0, 0.1) is 11.3 Å². The quantitative estimate of drug-likeness (QED) is 0.538. The van der Waals surface area contributed by atoms with Crippen LogP contribution in [-0.4, -0.2) is 23.5 Å². The van der Waals surface area contributed by atoms with Crippen molar-refractivity contribution in [1.82, 2.24) is 4.98 Å². The van der Waals surface area contributed by atoms with E-state index in [4.69, 9.17) is 21.6 Å². The maximum atomic E-state index is 12.1. The van der Waals surface area contributed by atoms with Crippen LogP contribution >= 0.6 is 11.6 Å². The summed E-state index contributed by atoms with van der Waals surface area (Å²) < 4.78 is 5.06. The Morgan fingerprint density at radius 1 is 1.11 bits per heavy atom. The molecular formula is C20H14ClN3O3. The number of fused-ring (bicyclic) bond motifs is 1. The average Bonchev–Trinajstić information content (AvgIpc) is 2.67. The molecule has 3 aromatic rings. The van der Waals surface area contributed by atoms with Crippen LogP contribution in [0.4, 0.5) is 5.69 Å². The molecule has 2 aromatic carbocycles. The molecule has 0 aliphatic heterocycles. The Morgan fingerprint density at radius 3 is 2.63 bits per heavy atom. The number of carbonyl (C=O) groups is 2. The largest absolute Gasteiger partial charge is 0.452 e. The summed E-state index contributed by atoms with van der Waals surface area (Å²) in [5.41, 5.74) is 2.40. The predicted molar refractivity (Wildman–Crippen MR) is 101 cm³/mol. The van der Waals surface area contributed by atoms with Gasteiger partial charge in [0.15, 0.2) is 6.61 Å². The third-order valence-electron chi connectivity index (χ3n) is 3.75.